The van der Waals surface area contributed by atoms with E-state index in [0.29, 0.717) is 4.90 Å². The number of hydrogen-bond acceptors (Lipinski definition) is 3. The second kappa shape index (κ2) is 4.81. The van der Waals surface area contributed by atoms with Crippen LogP contribution in [0.25, 0.3) is 0 Å². The van der Waals surface area contributed by atoms with Crippen LogP contribution in [0.5, 0.6) is 0 Å². The van der Waals surface area contributed by atoms with Gasteiger partial charge in [0.1, 0.15) is 0 Å². The molecule has 0 aliphatic carbocycles. The Balaban J connectivity index is 4.80. The van der Waals surface area contributed by atoms with Gasteiger partial charge in [-0.2, -0.15) is 0 Å². The van der Waals surface area contributed by atoms with Crippen LogP contribution in [0.1, 0.15) is 13.8 Å². The van der Waals surface area contributed by atoms with Crippen molar-refractivity contribution in [3.63, 3.8) is 0 Å². The van der Waals surface area contributed by atoms with E-state index in [4.69, 9.17) is 16.7 Å². The molecular weight excluding hydrogens is 198 g/mol. The van der Waals surface area contributed by atoms with Crippen molar-refractivity contribution in [2.24, 2.45) is 0 Å². The quantitative estimate of drug-likeness (QED) is 0.665. The van der Waals surface area contributed by atoms with Crippen LogP contribution in [0.3, 0.4) is 0 Å². The van der Waals surface area contributed by atoms with E-state index in [0.717, 1.165) is 13.8 Å². The zero-order chi connectivity index (χ0) is 10.6. The van der Waals surface area contributed by atoms with Crippen molar-refractivity contribution >= 4 is 29.4 Å². The lowest BCUT2D eigenvalue weighted by molar-refractivity contribution is -0.155. The number of imide groups is 1. The fraction of sp³-hybridized carbons (Fsp3) is 0.571. The molecule has 5 nitrogen and oxygen atoms in total. The van der Waals surface area contributed by atoms with Crippen LogP contribution in [0.2, 0.25) is 0 Å². The molecule has 13 heavy (non-hydrogen) atoms. The molecule has 0 heterocycles. The van der Waals surface area contributed by atoms with Crippen LogP contribution >= 0.6 is 11.6 Å². The molecule has 2 amide bonds. The van der Waals surface area contributed by atoms with Crippen LogP contribution in [0.4, 0.5) is 0 Å². The number of aliphatic carboxylic acids is 1. The van der Waals surface area contributed by atoms with Gasteiger partial charge in [-0.25, -0.2) is 4.79 Å². The smallest absolute Gasteiger partial charge is 0.328 e. The van der Waals surface area contributed by atoms with Crippen LogP contribution in [-0.2, 0) is 14.4 Å². The molecule has 0 unspecified atom stereocenters. The zero-order valence-electron chi connectivity index (χ0n) is 7.28. The van der Waals surface area contributed by atoms with E-state index in [9.17, 15) is 14.4 Å². The van der Waals surface area contributed by atoms with Gasteiger partial charge in [0, 0.05) is 13.8 Å². The van der Waals surface area contributed by atoms with Gasteiger partial charge in [0.25, 0.3) is 0 Å². The molecule has 0 saturated heterocycles. The molecule has 74 valence electrons. The molecule has 0 aromatic heterocycles. The van der Waals surface area contributed by atoms with Gasteiger partial charge in [-0.1, -0.05) is 0 Å². The third-order valence-corrected chi connectivity index (χ3v) is 1.71. The molecule has 0 aliphatic rings. The van der Waals surface area contributed by atoms with Gasteiger partial charge in [0.05, 0.1) is 5.88 Å². The number of hydrogen-bond donors (Lipinski definition) is 1. The standard InChI is InChI=1S/C7H10ClNO4/c1-4(10)9(5(2)11)6(3-8)7(12)13/h6H,3H2,1-2H3,(H,12,13)/t6-/m0/s1. The molecule has 0 aromatic carbocycles. The summed E-state index contributed by atoms with van der Waals surface area (Å²) >= 11 is 5.32. The Hall–Kier alpha value is -1.10. The lowest BCUT2D eigenvalue weighted by Gasteiger charge is -2.22. The van der Waals surface area contributed by atoms with Gasteiger partial charge in [0.15, 0.2) is 6.04 Å². The highest BCUT2D eigenvalue weighted by molar-refractivity contribution is 6.20. The topological polar surface area (TPSA) is 74.7 Å². The van der Waals surface area contributed by atoms with Gasteiger partial charge in [-0.05, 0) is 0 Å². The van der Waals surface area contributed by atoms with E-state index in [1.54, 1.807) is 0 Å². The second-order valence-electron chi connectivity index (χ2n) is 2.42. The molecule has 6 heteroatoms. The van der Waals surface area contributed by atoms with Crippen molar-refractivity contribution in [1.29, 1.82) is 0 Å². The third kappa shape index (κ3) is 3.02. The molecule has 0 fully saturated rings. The number of amides is 2. The summed E-state index contributed by atoms with van der Waals surface area (Å²) in [5, 5.41) is 8.61. The molecule has 0 aliphatic heterocycles. The van der Waals surface area contributed by atoms with E-state index in [2.05, 4.69) is 0 Å². The van der Waals surface area contributed by atoms with Gasteiger partial charge < -0.3 is 5.11 Å². The highest BCUT2D eigenvalue weighted by atomic mass is 35.5. The Kier molecular flexibility index (Phi) is 4.40. The van der Waals surface area contributed by atoms with Crippen molar-refractivity contribution in [1.82, 2.24) is 4.90 Å². The number of carboxylic acid groups (broad SMARTS) is 1. The summed E-state index contributed by atoms with van der Waals surface area (Å²) in [7, 11) is 0. The van der Waals surface area contributed by atoms with Crippen molar-refractivity contribution in [3.8, 4) is 0 Å². The minimum atomic E-state index is -1.29. The molecule has 0 saturated carbocycles. The summed E-state index contributed by atoms with van der Waals surface area (Å²) in [6.07, 6.45) is 0. The first-order chi connectivity index (χ1) is 5.91. The highest BCUT2D eigenvalue weighted by Crippen LogP contribution is 2.03. The maximum atomic E-state index is 10.9. The summed E-state index contributed by atoms with van der Waals surface area (Å²) in [5.41, 5.74) is 0. The van der Waals surface area contributed by atoms with E-state index < -0.39 is 23.8 Å². The monoisotopic (exact) mass is 207 g/mol. The molecular formula is C7H10ClNO4. The predicted octanol–water partition coefficient (Wildman–Crippen LogP) is 0.0734. The van der Waals surface area contributed by atoms with Crippen LogP contribution in [0, 0.1) is 0 Å². The van der Waals surface area contributed by atoms with E-state index in [-0.39, 0.29) is 5.88 Å². The Morgan fingerprint density at radius 3 is 1.77 bits per heavy atom. The lowest BCUT2D eigenvalue weighted by Crippen LogP contribution is -2.47. The number of carboxylic acids is 1. The number of carbonyl (C=O) groups is 3. The normalized spacial score (nSPS) is 11.9. The van der Waals surface area contributed by atoms with Crippen LogP contribution in [0.15, 0.2) is 0 Å². The van der Waals surface area contributed by atoms with E-state index >= 15 is 0 Å². The summed E-state index contributed by atoms with van der Waals surface area (Å²) in [4.78, 5) is 32.9. The largest absolute Gasteiger partial charge is 0.480 e. The predicted molar refractivity (Wildman–Crippen MR) is 45.3 cm³/mol. The Morgan fingerprint density at radius 1 is 1.31 bits per heavy atom. The summed E-state index contributed by atoms with van der Waals surface area (Å²) < 4.78 is 0. The van der Waals surface area contributed by atoms with Gasteiger partial charge >= 0.3 is 5.97 Å². The Labute approximate surface area is 80.3 Å². The molecule has 0 bridgehead atoms. The Bertz CT molecular complexity index is 227. The van der Waals surface area contributed by atoms with Gasteiger partial charge in [0.2, 0.25) is 11.8 Å². The lowest BCUT2D eigenvalue weighted by atomic mass is 10.3. The number of rotatable bonds is 3. The van der Waals surface area contributed by atoms with Gasteiger partial charge in [-0.15, -0.1) is 11.6 Å². The molecule has 1 N–H and O–H groups in total. The van der Waals surface area contributed by atoms with Crippen molar-refractivity contribution in [2.75, 3.05) is 5.88 Å². The van der Waals surface area contributed by atoms with E-state index in [1.165, 1.54) is 0 Å². The van der Waals surface area contributed by atoms with Crippen molar-refractivity contribution < 1.29 is 19.5 Å². The molecule has 0 radical (unpaired) electrons. The molecule has 1 atom stereocenters. The average Bonchev–Trinajstić information content (AvgIpc) is 1.97. The number of alkyl halides is 1. The number of halogens is 1. The SMILES string of the molecule is CC(=O)N(C(C)=O)[C@@H](CCl)C(=O)O. The molecule has 0 aromatic rings. The minimum absolute atomic E-state index is 0.311. The van der Waals surface area contributed by atoms with Gasteiger partial charge in [-0.3, -0.25) is 14.5 Å². The van der Waals surface area contributed by atoms with E-state index in [1.807, 2.05) is 0 Å². The maximum absolute atomic E-state index is 10.9. The van der Waals surface area contributed by atoms with Crippen LogP contribution < -0.4 is 0 Å². The summed E-state index contributed by atoms with van der Waals surface area (Å²) in [6, 6.07) is -1.28. The molecule has 0 spiro atoms. The zero-order valence-corrected chi connectivity index (χ0v) is 8.04. The third-order valence-electron chi connectivity index (χ3n) is 1.42. The number of carbonyl (C=O) groups excluding carboxylic acids is 2. The minimum Gasteiger partial charge on any atom is -0.480 e. The first-order valence-corrected chi connectivity index (χ1v) is 4.04. The fourth-order valence-electron chi connectivity index (χ4n) is 0.906. The first-order valence-electron chi connectivity index (χ1n) is 3.51. The summed E-state index contributed by atoms with van der Waals surface area (Å²) in [6.45, 7) is 2.23. The first kappa shape index (κ1) is 11.9. The Morgan fingerprint density at radius 2 is 1.69 bits per heavy atom. The fourth-order valence-corrected chi connectivity index (χ4v) is 1.18. The highest BCUT2D eigenvalue weighted by Gasteiger charge is 2.29. The van der Waals surface area contributed by atoms with Crippen molar-refractivity contribution in [3.05, 3.63) is 0 Å². The molecule has 0 rings (SSSR count). The second-order valence-corrected chi connectivity index (χ2v) is 2.72. The average molecular weight is 208 g/mol. The van der Waals surface area contributed by atoms with Crippen molar-refractivity contribution in [2.45, 2.75) is 19.9 Å². The maximum Gasteiger partial charge on any atom is 0.328 e. The summed E-state index contributed by atoms with van der Waals surface area (Å²) in [5.74, 6) is -2.85. The number of nitrogens with zero attached hydrogens (tertiary/aromatic N) is 1. The van der Waals surface area contributed by atoms with Crippen LogP contribution in [-0.4, -0.2) is 39.7 Å².